The number of carbonyl (C=O) groups excluding carboxylic acids is 1. The van der Waals surface area contributed by atoms with E-state index in [0.29, 0.717) is 5.02 Å². The fraction of sp³-hybridized carbons (Fsp3) is 0.286. The molecule has 6 nitrogen and oxygen atoms in total. The van der Waals surface area contributed by atoms with Crippen LogP contribution in [0.5, 0.6) is 0 Å². The Labute approximate surface area is 156 Å². The predicted molar refractivity (Wildman–Crippen MR) is 86.5 cm³/mol. The number of hydrogen-bond acceptors (Lipinski definition) is 4. The SMILES string of the molecule is O=C(NS(=O)(=O)c1ccc(Cl)cc1)c1ncn(C2CC2C(F)(F)F)c1Cl. The smallest absolute Gasteiger partial charge is 0.317 e. The van der Waals surface area contributed by atoms with Crippen LogP contribution in [0.25, 0.3) is 0 Å². The van der Waals surface area contributed by atoms with Crippen LogP contribution in [0.2, 0.25) is 10.2 Å². The minimum absolute atomic E-state index is 0.177. The van der Waals surface area contributed by atoms with Crippen molar-refractivity contribution in [3.05, 3.63) is 46.5 Å². The van der Waals surface area contributed by atoms with Gasteiger partial charge in [0.2, 0.25) is 0 Å². The summed E-state index contributed by atoms with van der Waals surface area (Å²) in [4.78, 5) is 15.6. The van der Waals surface area contributed by atoms with Gasteiger partial charge in [0.1, 0.15) is 5.15 Å². The molecule has 1 aromatic carbocycles. The first-order valence-electron chi connectivity index (χ1n) is 7.12. The molecule has 3 rings (SSSR count). The van der Waals surface area contributed by atoms with E-state index in [1.54, 1.807) is 4.72 Å². The highest BCUT2D eigenvalue weighted by Crippen LogP contribution is 2.54. The summed E-state index contributed by atoms with van der Waals surface area (Å²) in [5.41, 5.74) is -0.475. The fourth-order valence-electron chi connectivity index (χ4n) is 2.41. The van der Waals surface area contributed by atoms with Crippen molar-refractivity contribution >= 4 is 39.1 Å². The van der Waals surface area contributed by atoms with E-state index < -0.39 is 39.8 Å². The summed E-state index contributed by atoms with van der Waals surface area (Å²) < 4.78 is 65.1. The molecule has 0 aliphatic heterocycles. The second kappa shape index (κ2) is 6.43. The first-order chi connectivity index (χ1) is 12.0. The van der Waals surface area contributed by atoms with Crippen LogP contribution in [0.1, 0.15) is 23.0 Å². The number of alkyl halides is 3. The lowest BCUT2D eigenvalue weighted by atomic mass is 10.4. The van der Waals surface area contributed by atoms with Gasteiger partial charge < -0.3 is 4.57 Å². The Morgan fingerprint density at radius 2 is 1.85 bits per heavy atom. The van der Waals surface area contributed by atoms with E-state index in [9.17, 15) is 26.4 Å². The van der Waals surface area contributed by atoms with Gasteiger partial charge in [-0.3, -0.25) is 4.79 Å². The minimum Gasteiger partial charge on any atom is -0.317 e. The number of halogens is 5. The van der Waals surface area contributed by atoms with Crippen molar-refractivity contribution in [3.8, 4) is 0 Å². The van der Waals surface area contributed by atoms with Crippen molar-refractivity contribution in [2.24, 2.45) is 5.92 Å². The molecular weight excluding hydrogens is 418 g/mol. The zero-order valence-corrected chi connectivity index (χ0v) is 15.0. The third-order valence-electron chi connectivity index (χ3n) is 3.83. The van der Waals surface area contributed by atoms with Crippen molar-refractivity contribution in [2.45, 2.75) is 23.5 Å². The standard InChI is InChI=1S/C14H10Cl2F3N3O3S/c15-7-1-3-8(4-2-7)26(24,25)21-13(23)11-12(16)22(6-20-11)10-5-9(10)14(17,18)19/h1-4,6,9-10H,5H2,(H,21,23). The first kappa shape index (κ1) is 19.0. The molecule has 26 heavy (non-hydrogen) atoms. The molecule has 1 aliphatic rings. The first-order valence-corrected chi connectivity index (χ1v) is 9.36. The number of sulfonamides is 1. The Morgan fingerprint density at radius 3 is 2.38 bits per heavy atom. The average Bonchev–Trinajstić information content (AvgIpc) is 3.24. The van der Waals surface area contributed by atoms with Crippen LogP contribution < -0.4 is 4.72 Å². The Kier molecular flexibility index (Phi) is 4.70. The molecule has 1 fully saturated rings. The molecule has 1 aliphatic carbocycles. The molecule has 1 N–H and O–H groups in total. The summed E-state index contributed by atoms with van der Waals surface area (Å²) in [5.74, 6) is -2.71. The van der Waals surface area contributed by atoms with Crippen molar-refractivity contribution in [3.63, 3.8) is 0 Å². The Hall–Kier alpha value is -1.78. The molecule has 1 saturated carbocycles. The van der Waals surface area contributed by atoms with E-state index in [1.807, 2.05) is 0 Å². The average molecular weight is 428 g/mol. The van der Waals surface area contributed by atoms with Crippen LogP contribution in [-0.4, -0.2) is 30.1 Å². The Bertz CT molecular complexity index is 958. The van der Waals surface area contributed by atoms with Gasteiger partial charge in [0.25, 0.3) is 15.9 Å². The van der Waals surface area contributed by atoms with E-state index in [-0.39, 0.29) is 16.5 Å². The summed E-state index contributed by atoms with van der Waals surface area (Å²) in [6.07, 6.45) is -3.56. The number of nitrogens with one attached hydrogen (secondary N) is 1. The van der Waals surface area contributed by atoms with E-state index >= 15 is 0 Å². The van der Waals surface area contributed by atoms with Crippen LogP contribution in [0.15, 0.2) is 35.5 Å². The maximum Gasteiger partial charge on any atom is 0.393 e. The van der Waals surface area contributed by atoms with E-state index in [1.165, 1.54) is 24.3 Å². The zero-order chi connectivity index (χ0) is 19.3. The maximum atomic E-state index is 12.7. The number of imidazole rings is 1. The number of aromatic nitrogens is 2. The number of amides is 1. The molecule has 0 radical (unpaired) electrons. The van der Waals surface area contributed by atoms with Gasteiger partial charge >= 0.3 is 6.18 Å². The van der Waals surface area contributed by atoms with Crippen LogP contribution in [0, 0.1) is 5.92 Å². The van der Waals surface area contributed by atoms with E-state index in [4.69, 9.17) is 23.2 Å². The van der Waals surface area contributed by atoms with Crippen LogP contribution in [-0.2, 0) is 10.0 Å². The second-order valence-corrected chi connectivity index (χ2v) is 8.11. The maximum absolute atomic E-state index is 12.7. The molecule has 1 amide bonds. The molecule has 1 heterocycles. The molecule has 12 heteroatoms. The van der Waals surface area contributed by atoms with Gasteiger partial charge in [-0.2, -0.15) is 13.2 Å². The highest BCUT2D eigenvalue weighted by atomic mass is 35.5. The van der Waals surface area contributed by atoms with Gasteiger partial charge in [0.15, 0.2) is 5.69 Å². The monoisotopic (exact) mass is 427 g/mol. The quantitative estimate of drug-likeness (QED) is 0.810. The number of benzene rings is 1. The second-order valence-electron chi connectivity index (χ2n) is 5.63. The molecule has 2 aromatic rings. The van der Waals surface area contributed by atoms with Crippen molar-refractivity contribution < 1.29 is 26.4 Å². The zero-order valence-electron chi connectivity index (χ0n) is 12.7. The van der Waals surface area contributed by atoms with Gasteiger partial charge in [-0.15, -0.1) is 0 Å². The largest absolute Gasteiger partial charge is 0.393 e. The van der Waals surface area contributed by atoms with Gasteiger partial charge in [-0.1, -0.05) is 23.2 Å². The van der Waals surface area contributed by atoms with Gasteiger partial charge in [0, 0.05) is 11.1 Å². The minimum atomic E-state index is -4.38. The summed E-state index contributed by atoms with van der Waals surface area (Å²) in [6, 6.07) is 4.08. The third-order valence-corrected chi connectivity index (χ3v) is 5.81. The molecule has 0 saturated heterocycles. The fourth-order valence-corrected chi connectivity index (χ4v) is 3.80. The van der Waals surface area contributed by atoms with Gasteiger partial charge in [-0.25, -0.2) is 18.1 Å². The summed E-state index contributed by atoms with van der Waals surface area (Å²) in [5, 5.41) is -0.0497. The molecule has 2 atom stereocenters. The van der Waals surface area contributed by atoms with Gasteiger partial charge in [0.05, 0.1) is 17.1 Å². The summed E-state index contributed by atoms with van der Waals surface area (Å²) >= 11 is 11.6. The normalized spacial score (nSPS) is 20.0. The highest BCUT2D eigenvalue weighted by molar-refractivity contribution is 7.90. The number of nitrogens with zero attached hydrogens (tertiary/aromatic N) is 2. The lowest BCUT2D eigenvalue weighted by Crippen LogP contribution is -2.31. The highest BCUT2D eigenvalue weighted by Gasteiger charge is 2.57. The molecule has 0 bridgehead atoms. The van der Waals surface area contributed by atoms with E-state index in [0.717, 1.165) is 10.9 Å². The van der Waals surface area contributed by atoms with Crippen LogP contribution in [0.4, 0.5) is 13.2 Å². The molecule has 140 valence electrons. The lowest BCUT2D eigenvalue weighted by molar-refractivity contribution is -0.150. The van der Waals surface area contributed by atoms with Crippen molar-refractivity contribution in [1.82, 2.24) is 14.3 Å². The Balaban J connectivity index is 1.78. The molecule has 1 aromatic heterocycles. The number of hydrogen-bond donors (Lipinski definition) is 1. The van der Waals surface area contributed by atoms with E-state index in [2.05, 4.69) is 4.98 Å². The Morgan fingerprint density at radius 1 is 1.23 bits per heavy atom. The van der Waals surface area contributed by atoms with Crippen LogP contribution >= 0.6 is 23.2 Å². The molecular formula is C14H10Cl2F3N3O3S. The summed E-state index contributed by atoms with van der Waals surface area (Å²) in [7, 11) is -4.22. The third kappa shape index (κ3) is 3.67. The number of carbonyl (C=O) groups is 1. The topological polar surface area (TPSA) is 81.1 Å². The molecule has 2 unspecified atom stereocenters. The van der Waals surface area contributed by atoms with Crippen molar-refractivity contribution in [1.29, 1.82) is 0 Å². The van der Waals surface area contributed by atoms with Crippen molar-refractivity contribution in [2.75, 3.05) is 0 Å². The van der Waals surface area contributed by atoms with Gasteiger partial charge in [-0.05, 0) is 30.7 Å². The van der Waals surface area contributed by atoms with Crippen LogP contribution in [0.3, 0.4) is 0 Å². The predicted octanol–water partition coefficient (Wildman–Crippen LogP) is 3.43. The lowest BCUT2D eigenvalue weighted by Gasteiger charge is -2.08. The summed E-state index contributed by atoms with van der Waals surface area (Å²) in [6.45, 7) is 0. The number of rotatable bonds is 4. The molecule has 0 spiro atoms.